The first-order valence-electron chi connectivity index (χ1n) is 6.29. The number of imidazole rings is 1. The molecule has 0 saturated heterocycles. The molecule has 2 aromatic rings. The lowest BCUT2D eigenvalue weighted by Crippen LogP contribution is -2.03. The fourth-order valence-electron chi connectivity index (χ4n) is 2.14. The van der Waals surface area contributed by atoms with Crippen LogP contribution in [-0.2, 0) is 18.3 Å². The van der Waals surface area contributed by atoms with Gasteiger partial charge in [0.25, 0.3) is 0 Å². The minimum atomic E-state index is -0.783. The predicted molar refractivity (Wildman–Crippen MR) is 74.1 cm³/mol. The Kier molecular flexibility index (Phi) is 3.69. The highest BCUT2D eigenvalue weighted by molar-refractivity contribution is 5.67. The molecule has 0 unspecified atom stereocenters. The summed E-state index contributed by atoms with van der Waals surface area (Å²) < 4.78 is 1.98. The van der Waals surface area contributed by atoms with Gasteiger partial charge < -0.3 is 9.67 Å². The molecule has 4 nitrogen and oxygen atoms in total. The Hall–Kier alpha value is -2.10. The Bertz CT molecular complexity index is 615. The zero-order chi connectivity index (χ0) is 14.0. The van der Waals surface area contributed by atoms with Crippen molar-refractivity contribution in [2.45, 2.75) is 26.7 Å². The summed E-state index contributed by atoms with van der Waals surface area (Å²) in [5.41, 5.74) is 4.40. The summed E-state index contributed by atoms with van der Waals surface area (Å²) in [5.74, 6) is 0.107. The maximum atomic E-state index is 10.6. The lowest BCUT2D eigenvalue weighted by Gasteiger charge is -2.09. The molecule has 19 heavy (non-hydrogen) atoms. The smallest absolute Gasteiger partial charge is 0.303 e. The molecule has 0 saturated carbocycles. The Morgan fingerprint density at radius 2 is 2.11 bits per heavy atom. The van der Waals surface area contributed by atoms with E-state index in [0.717, 1.165) is 17.1 Å². The van der Waals surface area contributed by atoms with E-state index in [1.54, 1.807) is 6.20 Å². The van der Waals surface area contributed by atoms with Crippen LogP contribution in [0.1, 0.15) is 23.2 Å². The van der Waals surface area contributed by atoms with Crippen molar-refractivity contribution in [3.63, 3.8) is 0 Å². The number of carboxylic acid groups (broad SMARTS) is 1. The van der Waals surface area contributed by atoms with E-state index in [0.29, 0.717) is 6.42 Å². The van der Waals surface area contributed by atoms with Gasteiger partial charge in [-0.3, -0.25) is 4.79 Å². The van der Waals surface area contributed by atoms with E-state index in [9.17, 15) is 4.79 Å². The number of benzene rings is 1. The molecule has 0 radical (unpaired) electrons. The van der Waals surface area contributed by atoms with Crippen molar-refractivity contribution in [3.8, 4) is 11.4 Å². The summed E-state index contributed by atoms with van der Waals surface area (Å²) in [7, 11) is 1.93. The quantitative estimate of drug-likeness (QED) is 0.917. The summed E-state index contributed by atoms with van der Waals surface area (Å²) >= 11 is 0. The van der Waals surface area contributed by atoms with E-state index >= 15 is 0 Å². The first kappa shape index (κ1) is 13.3. The van der Waals surface area contributed by atoms with Crippen LogP contribution in [0.3, 0.4) is 0 Å². The lowest BCUT2D eigenvalue weighted by atomic mass is 10.1. The Balaban J connectivity index is 2.36. The maximum Gasteiger partial charge on any atom is 0.303 e. The van der Waals surface area contributed by atoms with Gasteiger partial charge in [-0.15, -0.1) is 0 Å². The highest BCUT2D eigenvalue weighted by atomic mass is 16.4. The van der Waals surface area contributed by atoms with Gasteiger partial charge in [0.1, 0.15) is 5.82 Å². The highest BCUT2D eigenvalue weighted by Crippen LogP contribution is 2.24. The summed E-state index contributed by atoms with van der Waals surface area (Å²) in [6.07, 6.45) is 2.40. The highest BCUT2D eigenvalue weighted by Gasteiger charge is 2.12. The second-order valence-electron chi connectivity index (χ2n) is 4.84. The minimum Gasteiger partial charge on any atom is -0.481 e. The molecule has 0 aliphatic heterocycles. The number of aliphatic carboxylic acids is 1. The van der Waals surface area contributed by atoms with Gasteiger partial charge in [-0.1, -0.05) is 17.7 Å². The largest absolute Gasteiger partial charge is 0.481 e. The average Bonchev–Trinajstić information content (AvgIpc) is 2.71. The first-order valence-corrected chi connectivity index (χ1v) is 6.29. The second-order valence-corrected chi connectivity index (χ2v) is 4.84. The number of aryl methyl sites for hydroxylation is 3. The van der Waals surface area contributed by atoms with E-state index in [1.165, 1.54) is 11.1 Å². The maximum absolute atomic E-state index is 10.6. The van der Waals surface area contributed by atoms with E-state index in [1.807, 2.05) is 11.6 Å². The molecule has 1 N–H and O–H groups in total. The van der Waals surface area contributed by atoms with Crippen LogP contribution in [0.5, 0.6) is 0 Å². The van der Waals surface area contributed by atoms with Gasteiger partial charge in [0, 0.05) is 24.5 Å². The third-order valence-electron chi connectivity index (χ3n) is 3.31. The van der Waals surface area contributed by atoms with Crippen molar-refractivity contribution in [3.05, 3.63) is 41.2 Å². The van der Waals surface area contributed by atoms with Crippen molar-refractivity contribution >= 4 is 5.97 Å². The molecule has 0 aliphatic carbocycles. The monoisotopic (exact) mass is 258 g/mol. The molecule has 0 atom stereocenters. The predicted octanol–water partition coefficient (Wildman–Crippen LogP) is 2.72. The fraction of sp³-hybridized carbons (Fsp3) is 0.333. The fourth-order valence-corrected chi connectivity index (χ4v) is 2.14. The second kappa shape index (κ2) is 5.26. The molecule has 0 aliphatic rings. The van der Waals surface area contributed by atoms with E-state index in [4.69, 9.17) is 5.11 Å². The minimum absolute atomic E-state index is 0.131. The van der Waals surface area contributed by atoms with Crippen molar-refractivity contribution < 1.29 is 9.90 Å². The van der Waals surface area contributed by atoms with Crippen LogP contribution in [0.15, 0.2) is 24.4 Å². The van der Waals surface area contributed by atoms with Gasteiger partial charge in [-0.25, -0.2) is 4.98 Å². The number of aromatic nitrogens is 2. The van der Waals surface area contributed by atoms with Gasteiger partial charge in [0.15, 0.2) is 0 Å². The molecular weight excluding hydrogens is 240 g/mol. The van der Waals surface area contributed by atoms with Crippen LogP contribution in [-0.4, -0.2) is 20.6 Å². The number of carboxylic acids is 1. The van der Waals surface area contributed by atoms with Crippen LogP contribution >= 0.6 is 0 Å². The first-order chi connectivity index (χ1) is 8.99. The lowest BCUT2D eigenvalue weighted by molar-refractivity contribution is -0.136. The van der Waals surface area contributed by atoms with Crippen LogP contribution in [0.25, 0.3) is 11.4 Å². The number of rotatable bonds is 4. The van der Waals surface area contributed by atoms with Gasteiger partial charge in [-0.2, -0.15) is 0 Å². The van der Waals surface area contributed by atoms with E-state index in [2.05, 4.69) is 37.0 Å². The third-order valence-corrected chi connectivity index (χ3v) is 3.31. The van der Waals surface area contributed by atoms with Gasteiger partial charge in [-0.05, 0) is 31.9 Å². The molecule has 0 amide bonds. The van der Waals surface area contributed by atoms with Crippen LogP contribution in [0.2, 0.25) is 0 Å². The number of hydrogen-bond acceptors (Lipinski definition) is 2. The zero-order valence-corrected chi connectivity index (χ0v) is 11.5. The van der Waals surface area contributed by atoms with Crippen LogP contribution in [0, 0.1) is 13.8 Å². The van der Waals surface area contributed by atoms with Gasteiger partial charge in [0.2, 0.25) is 0 Å². The van der Waals surface area contributed by atoms with Gasteiger partial charge in [0.05, 0.1) is 6.42 Å². The molecule has 1 aromatic heterocycles. The van der Waals surface area contributed by atoms with Crippen molar-refractivity contribution in [2.24, 2.45) is 7.05 Å². The number of nitrogens with zero attached hydrogens (tertiary/aromatic N) is 2. The Labute approximate surface area is 112 Å². The normalized spacial score (nSPS) is 10.7. The molecule has 1 heterocycles. The summed E-state index contributed by atoms with van der Waals surface area (Å²) in [6.45, 7) is 4.11. The molecule has 1 aromatic carbocycles. The van der Waals surface area contributed by atoms with Crippen LogP contribution < -0.4 is 0 Å². The van der Waals surface area contributed by atoms with Crippen molar-refractivity contribution in [1.82, 2.24) is 9.55 Å². The van der Waals surface area contributed by atoms with E-state index in [-0.39, 0.29) is 6.42 Å². The molecule has 4 heteroatoms. The van der Waals surface area contributed by atoms with Crippen molar-refractivity contribution in [1.29, 1.82) is 0 Å². The molecule has 100 valence electrons. The van der Waals surface area contributed by atoms with Crippen LogP contribution in [0.4, 0.5) is 0 Å². The van der Waals surface area contributed by atoms with E-state index < -0.39 is 5.97 Å². The topological polar surface area (TPSA) is 55.1 Å². The molecule has 0 bridgehead atoms. The molecule has 0 spiro atoms. The molecule has 0 fully saturated rings. The molecule has 2 rings (SSSR count). The summed E-state index contributed by atoms with van der Waals surface area (Å²) in [6, 6.07) is 6.27. The number of carbonyl (C=O) groups is 1. The summed E-state index contributed by atoms with van der Waals surface area (Å²) in [4.78, 5) is 15.1. The Morgan fingerprint density at radius 1 is 1.37 bits per heavy atom. The average molecular weight is 258 g/mol. The van der Waals surface area contributed by atoms with Crippen molar-refractivity contribution in [2.75, 3.05) is 0 Å². The third kappa shape index (κ3) is 2.84. The van der Waals surface area contributed by atoms with Gasteiger partial charge >= 0.3 is 5.97 Å². The standard InChI is InChI=1S/C15H18N2O2/c1-10-4-5-11(2)13(8-10)15-16-9-12(17(15)3)6-7-14(18)19/h4-5,8-9H,6-7H2,1-3H3,(H,18,19). The zero-order valence-electron chi connectivity index (χ0n) is 11.5. The molecular formula is C15H18N2O2. The Morgan fingerprint density at radius 3 is 2.79 bits per heavy atom. The summed E-state index contributed by atoms with van der Waals surface area (Å²) in [5, 5.41) is 8.74. The SMILES string of the molecule is Cc1ccc(C)c(-c2ncc(CCC(=O)O)n2C)c1. The number of hydrogen-bond donors (Lipinski definition) is 1.